The molecule has 6 nitrogen and oxygen atoms in total. The molecule has 2 aliphatic rings. The van der Waals surface area contributed by atoms with Crippen molar-refractivity contribution in [3.8, 4) is 0 Å². The van der Waals surface area contributed by atoms with Crippen LogP contribution in [0.4, 0.5) is 11.8 Å². The lowest BCUT2D eigenvalue weighted by atomic mass is 9.74. The maximum Gasteiger partial charge on any atom is 0.232 e. The first kappa shape index (κ1) is 22.2. The van der Waals surface area contributed by atoms with Crippen molar-refractivity contribution in [2.75, 3.05) is 36.5 Å². The van der Waals surface area contributed by atoms with Gasteiger partial charge in [-0.2, -0.15) is 4.98 Å². The van der Waals surface area contributed by atoms with Gasteiger partial charge in [0.05, 0.1) is 0 Å². The van der Waals surface area contributed by atoms with Crippen LogP contribution in [0.2, 0.25) is 5.15 Å². The second-order valence-corrected chi connectivity index (χ2v) is 9.27. The van der Waals surface area contributed by atoms with Gasteiger partial charge in [0.2, 0.25) is 5.95 Å². The summed E-state index contributed by atoms with van der Waals surface area (Å²) >= 11 is 11.9. The molecule has 2 aliphatic heterocycles. The molecule has 0 bridgehead atoms. The minimum atomic E-state index is -0.00513. The third kappa shape index (κ3) is 5.45. The van der Waals surface area contributed by atoms with Crippen molar-refractivity contribution in [2.45, 2.75) is 50.5 Å². The molecular weight excluding hydrogens is 430 g/mol. The number of aromatic nitrogens is 2. The summed E-state index contributed by atoms with van der Waals surface area (Å²) in [4.78, 5) is 11.3. The maximum atomic E-state index is 6.31. The van der Waals surface area contributed by atoms with Crippen LogP contribution in [0, 0.1) is 0 Å². The van der Waals surface area contributed by atoms with E-state index in [9.17, 15) is 0 Å². The fraction of sp³-hybridized carbons (Fsp3) is 0.522. The molecule has 0 saturated carbocycles. The van der Waals surface area contributed by atoms with Gasteiger partial charge in [0.1, 0.15) is 11.0 Å². The molecule has 0 amide bonds. The number of rotatable bonds is 5. The maximum absolute atomic E-state index is 6.31. The number of nitrogens with zero attached hydrogens (tertiary/aromatic N) is 3. The Kier molecular flexibility index (Phi) is 7.25. The summed E-state index contributed by atoms with van der Waals surface area (Å²) in [7, 11) is 0. The molecule has 2 N–H and O–H groups in total. The predicted molar refractivity (Wildman–Crippen MR) is 130 cm³/mol. The standard InChI is InChI=1S/C23H30ClN5OS/c1-17-7-5-6-12-29(17)20-15-19(24)26-21(27-20)28-22(31)25-16-23(10-13-30-14-11-23)18-8-3-2-4-9-18/h2-4,8-9,15,17H,5-7,10-14,16H2,1H3,(H2,25,26,27,28,31)/t17-/m1/s1. The highest BCUT2D eigenvalue weighted by Gasteiger charge is 2.34. The zero-order chi connectivity index (χ0) is 21.7. The molecule has 8 heteroatoms. The summed E-state index contributed by atoms with van der Waals surface area (Å²) in [6.07, 6.45) is 5.49. The van der Waals surface area contributed by atoms with Gasteiger partial charge in [0.25, 0.3) is 0 Å². The summed E-state index contributed by atoms with van der Waals surface area (Å²) in [6, 6.07) is 12.9. The Labute approximate surface area is 194 Å². The Morgan fingerprint density at radius 1 is 1.23 bits per heavy atom. The Morgan fingerprint density at radius 2 is 2.00 bits per heavy atom. The number of thiocarbonyl (C=S) groups is 1. The van der Waals surface area contributed by atoms with Crippen LogP contribution in [0.25, 0.3) is 0 Å². The molecule has 2 aromatic rings. The third-order valence-corrected chi connectivity index (χ3v) is 6.87. The van der Waals surface area contributed by atoms with E-state index < -0.39 is 0 Å². The Morgan fingerprint density at radius 3 is 2.74 bits per heavy atom. The van der Waals surface area contributed by atoms with Crippen LogP contribution in [-0.2, 0) is 10.2 Å². The molecule has 2 saturated heterocycles. The SMILES string of the molecule is C[C@@H]1CCCCN1c1cc(Cl)nc(NC(=S)NCC2(c3ccccc3)CCOCC2)n1. The van der Waals surface area contributed by atoms with E-state index in [4.69, 9.17) is 28.6 Å². The van der Waals surface area contributed by atoms with Crippen molar-refractivity contribution in [2.24, 2.45) is 0 Å². The van der Waals surface area contributed by atoms with Crippen LogP contribution in [-0.4, -0.2) is 47.4 Å². The van der Waals surface area contributed by atoms with Gasteiger partial charge >= 0.3 is 0 Å². The highest BCUT2D eigenvalue weighted by Crippen LogP contribution is 2.34. The molecule has 4 rings (SSSR count). The van der Waals surface area contributed by atoms with Gasteiger partial charge in [0, 0.05) is 43.8 Å². The average molecular weight is 460 g/mol. The lowest BCUT2D eigenvalue weighted by Crippen LogP contribution is -2.45. The highest BCUT2D eigenvalue weighted by atomic mass is 35.5. The number of anilines is 2. The zero-order valence-electron chi connectivity index (χ0n) is 17.9. The first-order valence-electron chi connectivity index (χ1n) is 11.1. The molecule has 1 aromatic carbocycles. The topological polar surface area (TPSA) is 62.3 Å². The fourth-order valence-electron chi connectivity index (χ4n) is 4.56. The van der Waals surface area contributed by atoms with Gasteiger partial charge in [-0.1, -0.05) is 41.9 Å². The summed E-state index contributed by atoms with van der Waals surface area (Å²) in [5.41, 5.74) is 1.31. The first-order valence-corrected chi connectivity index (χ1v) is 11.8. The minimum absolute atomic E-state index is 0.00513. The molecule has 2 fully saturated rings. The van der Waals surface area contributed by atoms with E-state index in [-0.39, 0.29) is 5.41 Å². The highest BCUT2D eigenvalue weighted by molar-refractivity contribution is 7.80. The Bertz CT molecular complexity index is 891. The van der Waals surface area contributed by atoms with Crippen molar-refractivity contribution >= 4 is 40.7 Å². The van der Waals surface area contributed by atoms with Crippen LogP contribution in [0.1, 0.15) is 44.6 Å². The molecular formula is C23H30ClN5OS. The summed E-state index contributed by atoms with van der Waals surface area (Å²) < 4.78 is 5.63. The Balaban J connectivity index is 1.43. The van der Waals surface area contributed by atoms with Crippen LogP contribution in [0.3, 0.4) is 0 Å². The summed E-state index contributed by atoms with van der Waals surface area (Å²) in [5, 5.41) is 7.45. The van der Waals surface area contributed by atoms with Crippen LogP contribution < -0.4 is 15.5 Å². The molecule has 1 atom stereocenters. The number of benzene rings is 1. The van der Waals surface area contributed by atoms with E-state index in [1.54, 1.807) is 0 Å². The first-order chi connectivity index (χ1) is 15.1. The second-order valence-electron chi connectivity index (χ2n) is 8.48. The molecule has 31 heavy (non-hydrogen) atoms. The largest absolute Gasteiger partial charge is 0.381 e. The van der Waals surface area contributed by atoms with Gasteiger partial charge in [-0.3, -0.25) is 0 Å². The molecule has 0 spiro atoms. The molecule has 0 unspecified atom stereocenters. The van der Waals surface area contributed by atoms with E-state index >= 15 is 0 Å². The number of nitrogens with one attached hydrogen (secondary N) is 2. The lowest BCUT2D eigenvalue weighted by Gasteiger charge is -2.38. The number of hydrogen-bond donors (Lipinski definition) is 2. The van der Waals surface area contributed by atoms with Gasteiger partial charge in [-0.05, 0) is 56.8 Å². The van der Waals surface area contributed by atoms with E-state index in [0.29, 0.717) is 22.3 Å². The lowest BCUT2D eigenvalue weighted by molar-refractivity contribution is 0.0515. The van der Waals surface area contributed by atoms with Gasteiger partial charge in [-0.25, -0.2) is 4.98 Å². The van der Waals surface area contributed by atoms with Gasteiger partial charge < -0.3 is 20.3 Å². The van der Waals surface area contributed by atoms with Crippen LogP contribution >= 0.6 is 23.8 Å². The zero-order valence-corrected chi connectivity index (χ0v) is 19.5. The Hall–Kier alpha value is -1.96. The average Bonchev–Trinajstić information content (AvgIpc) is 2.79. The molecule has 166 valence electrons. The van der Waals surface area contributed by atoms with Crippen molar-refractivity contribution in [1.29, 1.82) is 0 Å². The predicted octanol–water partition coefficient (Wildman–Crippen LogP) is 4.54. The molecule has 3 heterocycles. The van der Waals surface area contributed by atoms with Crippen molar-refractivity contribution in [3.05, 3.63) is 47.1 Å². The fourth-order valence-corrected chi connectivity index (χ4v) is 4.90. The monoisotopic (exact) mass is 459 g/mol. The smallest absolute Gasteiger partial charge is 0.232 e. The molecule has 1 aromatic heterocycles. The van der Waals surface area contributed by atoms with E-state index in [0.717, 1.165) is 51.4 Å². The molecule has 0 aliphatic carbocycles. The molecule has 0 radical (unpaired) electrons. The van der Waals surface area contributed by atoms with Gasteiger partial charge in [0.15, 0.2) is 5.11 Å². The number of piperidine rings is 1. The number of hydrogen-bond acceptors (Lipinski definition) is 5. The van der Waals surface area contributed by atoms with E-state index in [2.05, 4.69) is 56.7 Å². The van der Waals surface area contributed by atoms with Crippen LogP contribution in [0.15, 0.2) is 36.4 Å². The van der Waals surface area contributed by atoms with Gasteiger partial charge in [-0.15, -0.1) is 0 Å². The van der Waals surface area contributed by atoms with E-state index in [1.165, 1.54) is 18.4 Å². The number of halogens is 1. The normalized spacial score (nSPS) is 20.8. The number of ether oxygens (including phenoxy) is 1. The van der Waals surface area contributed by atoms with Crippen molar-refractivity contribution < 1.29 is 4.74 Å². The summed E-state index contributed by atoms with van der Waals surface area (Å²) in [5.74, 6) is 1.28. The van der Waals surface area contributed by atoms with Crippen molar-refractivity contribution in [3.63, 3.8) is 0 Å². The summed E-state index contributed by atoms with van der Waals surface area (Å²) in [6.45, 7) is 5.45. The minimum Gasteiger partial charge on any atom is -0.381 e. The van der Waals surface area contributed by atoms with Crippen molar-refractivity contribution in [1.82, 2.24) is 15.3 Å². The quantitative estimate of drug-likeness (QED) is 0.502. The van der Waals surface area contributed by atoms with Crippen LogP contribution in [0.5, 0.6) is 0 Å². The van der Waals surface area contributed by atoms with E-state index in [1.807, 2.05) is 12.1 Å². The third-order valence-electron chi connectivity index (χ3n) is 6.43. The second kappa shape index (κ2) is 10.1.